The first kappa shape index (κ1) is 27.1. The van der Waals surface area contributed by atoms with Crippen molar-refractivity contribution in [2.24, 2.45) is 5.41 Å². The minimum atomic E-state index is -4.98. The van der Waals surface area contributed by atoms with E-state index in [-0.39, 0.29) is 36.9 Å². The van der Waals surface area contributed by atoms with Crippen LogP contribution < -0.4 is 5.32 Å². The summed E-state index contributed by atoms with van der Waals surface area (Å²) in [4.78, 5) is 27.3. The Kier molecular flexibility index (Phi) is 7.16. The van der Waals surface area contributed by atoms with Crippen LogP contribution in [-0.2, 0) is 25.5 Å². The normalized spacial score (nSPS) is 21.9. The number of carbonyl (C=O) groups excluding carboxylic acids is 2. The second-order valence-electron chi connectivity index (χ2n) is 10.6. The number of hydrogen-bond acceptors (Lipinski definition) is 4. The average molecular weight is 519 g/mol. The van der Waals surface area contributed by atoms with Gasteiger partial charge in [-0.2, -0.15) is 13.2 Å². The van der Waals surface area contributed by atoms with Crippen LogP contribution in [0.15, 0.2) is 54.6 Å². The highest BCUT2D eigenvalue weighted by Gasteiger charge is 2.64. The molecule has 2 atom stereocenters. The molecule has 2 aromatic rings. The topological polar surface area (TPSA) is 78.9 Å². The summed E-state index contributed by atoms with van der Waals surface area (Å²) in [6.07, 6.45) is -4.07. The lowest BCUT2D eigenvalue weighted by Gasteiger charge is -2.50. The fourth-order valence-corrected chi connectivity index (χ4v) is 6.04. The summed E-state index contributed by atoms with van der Waals surface area (Å²) in [7, 11) is 0.902. The molecule has 2 N–H and O–H groups in total. The Morgan fingerprint density at radius 1 is 1.05 bits per heavy atom. The number of amides is 2. The highest BCUT2D eigenvalue weighted by Crippen LogP contribution is 2.51. The lowest BCUT2D eigenvalue weighted by molar-refractivity contribution is -0.271. The first-order valence-corrected chi connectivity index (χ1v) is 12.4. The first-order valence-electron chi connectivity index (χ1n) is 12.4. The third kappa shape index (κ3) is 4.75. The fraction of sp³-hybridized carbons (Fsp3) is 0.500. The molecule has 0 aliphatic carbocycles. The van der Waals surface area contributed by atoms with Gasteiger partial charge in [-0.05, 0) is 43.2 Å². The predicted molar refractivity (Wildman–Crippen MR) is 131 cm³/mol. The van der Waals surface area contributed by atoms with Crippen LogP contribution in [0.5, 0.6) is 0 Å². The van der Waals surface area contributed by atoms with Gasteiger partial charge in [-0.3, -0.25) is 9.59 Å². The van der Waals surface area contributed by atoms with Gasteiger partial charge in [0, 0.05) is 44.6 Å². The summed E-state index contributed by atoms with van der Waals surface area (Å²) in [6.45, 7) is 3.87. The summed E-state index contributed by atoms with van der Waals surface area (Å²) < 4.78 is 48.4. The van der Waals surface area contributed by atoms with Gasteiger partial charge in [0.05, 0.1) is 5.60 Å². The second kappa shape index (κ2) is 9.76. The number of alkyl halides is 3. The quantitative estimate of drug-likeness (QED) is 0.621. The van der Waals surface area contributed by atoms with Crippen molar-refractivity contribution in [3.8, 4) is 0 Å². The van der Waals surface area contributed by atoms with Gasteiger partial charge in [-0.25, -0.2) is 0 Å². The summed E-state index contributed by atoms with van der Waals surface area (Å²) in [5.41, 5.74) is -3.41. The lowest BCUT2D eigenvalue weighted by atomic mass is 9.61. The SMILES string of the molecule is CO[C@@](C(=O)N1CCC2(CC1)CC(=O)NC[C@H]2c1ccccc1C(C)(C)O)(c1ccccc1)C(F)(F)F. The Balaban J connectivity index is 1.66. The van der Waals surface area contributed by atoms with Crippen molar-refractivity contribution in [2.45, 2.75) is 56.4 Å². The van der Waals surface area contributed by atoms with Crippen molar-refractivity contribution in [3.05, 3.63) is 71.3 Å². The smallest absolute Gasteiger partial charge is 0.386 e. The van der Waals surface area contributed by atoms with Crippen LogP contribution in [0.3, 0.4) is 0 Å². The zero-order valence-corrected chi connectivity index (χ0v) is 21.3. The molecule has 0 radical (unpaired) electrons. The largest absolute Gasteiger partial charge is 0.430 e. The molecule has 2 aromatic carbocycles. The molecule has 0 bridgehead atoms. The monoisotopic (exact) mass is 518 g/mol. The third-order valence-corrected chi connectivity index (χ3v) is 7.98. The number of piperidine rings is 2. The van der Waals surface area contributed by atoms with Crippen LogP contribution in [-0.4, -0.2) is 54.7 Å². The van der Waals surface area contributed by atoms with E-state index >= 15 is 0 Å². The van der Waals surface area contributed by atoms with Crippen molar-refractivity contribution in [1.29, 1.82) is 0 Å². The van der Waals surface area contributed by atoms with Crippen molar-refractivity contribution in [3.63, 3.8) is 0 Å². The van der Waals surface area contributed by atoms with Crippen LogP contribution in [0.25, 0.3) is 0 Å². The molecular weight excluding hydrogens is 485 g/mol. The number of nitrogens with zero attached hydrogens (tertiary/aromatic N) is 1. The molecular formula is C28H33F3N2O4. The number of rotatable bonds is 5. The molecule has 0 saturated carbocycles. The molecule has 2 aliphatic rings. The standard InChI is InChI=1S/C28H33F3N2O4/c1-25(2,36)21-12-8-7-11-20(21)22-18-32-23(34)17-26(22)13-15-33(16-14-26)24(35)27(37-3,28(29,30)31)19-9-5-4-6-10-19/h4-12,22,36H,13-18H2,1-3H3,(H,32,34)/t22-,27+/m0/s1. The molecule has 1 spiro atoms. The number of carbonyl (C=O) groups is 2. The van der Waals surface area contributed by atoms with Crippen molar-refractivity contribution < 1.29 is 32.6 Å². The number of nitrogens with one attached hydrogen (secondary N) is 1. The van der Waals surface area contributed by atoms with Crippen LogP contribution in [0.2, 0.25) is 0 Å². The van der Waals surface area contributed by atoms with E-state index in [9.17, 15) is 27.9 Å². The molecule has 0 aromatic heterocycles. The number of hydrogen-bond donors (Lipinski definition) is 2. The van der Waals surface area contributed by atoms with E-state index in [1.807, 2.05) is 24.3 Å². The number of likely N-dealkylation sites (tertiary alicyclic amines) is 1. The van der Waals surface area contributed by atoms with Crippen molar-refractivity contribution >= 4 is 11.8 Å². The number of ether oxygens (including phenoxy) is 1. The molecule has 200 valence electrons. The molecule has 2 heterocycles. The lowest BCUT2D eigenvalue weighted by Crippen LogP contribution is -2.60. The van der Waals surface area contributed by atoms with Gasteiger partial charge in [0.1, 0.15) is 0 Å². The van der Waals surface area contributed by atoms with E-state index in [1.165, 1.54) is 29.2 Å². The molecule has 2 saturated heterocycles. The number of methoxy groups -OCH3 is 1. The maximum absolute atomic E-state index is 14.5. The Bertz CT molecular complexity index is 1140. The number of benzene rings is 2. The zero-order chi connectivity index (χ0) is 27.1. The highest BCUT2D eigenvalue weighted by molar-refractivity contribution is 5.88. The van der Waals surface area contributed by atoms with E-state index in [0.29, 0.717) is 19.4 Å². The summed E-state index contributed by atoms with van der Waals surface area (Å²) in [5.74, 6) is -1.44. The Morgan fingerprint density at radius 2 is 1.65 bits per heavy atom. The van der Waals surface area contributed by atoms with Gasteiger partial charge in [-0.1, -0.05) is 54.6 Å². The Labute approximate surface area is 214 Å². The molecule has 6 nitrogen and oxygen atoms in total. The molecule has 4 rings (SSSR count). The third-order valence-electron chi connectivity index (χ3n) is 7.98. The molecule has 2 aliphatic heterocycles. The minimum absolute atomic E-state index is 0.0569. The molecule has 2 amide bonds. The maximum Gasteiger partial charge on any atom is 0.430 e. The van der Waals surface area contributed by atoms with E-state index in [2.05, 4.69) is 5.32 Å². The van der Waals surface area contributed by atoms with Crippen LogP contribution in [0, 0.1) is 5.41 Å². The van der Waals surface area contributed by atoms with E-state index in [1.54, 1.807) is 19.9 Å². The van der Waals surface area contributed by atoms with E-state index in [0.717, 1.165) is 18.2 Å². The van der Waals surface area contributed by atoms with Gasteiger partial charge < -0.3 is 20.1 Å². The first-order chi connectivity index (χ1) is 17.4. The van der Waals surface area contributed by atoms with Gasteiger partial charge >= 0.3 is 6.18 Å². The molecule has 0 unspecified atom stereocenters. The van der Waals surface area contributed by atoms with E-state index in [4.69, 9.17) is 4.74 Å². The Hall–Kier alpha value is -2.91. The summed E-state index contributed by atoms with van der Waals surface area (Å²) >= 11 is 0. The van der Waals surface area contributed by atoms with Gasteiger partial charge in [-0.15, -0.1) is 0 Å². The Morgan fingerprint density at radius 3 is 2.22 bits per heavy atom. The van der Waals surface area contributed by atoms with Crippen LogP contribution in [0.1, 0.15) is 55.7 Å². The van der Waals surface area contributed by atoms with Gasteiger partial charge in [0.25, 0.3) is 11.5 Å². The van der Waals surface area contributed by atoms with Crippen LogP contribution in [0.4, 0.5) is 13.2 Å². The number of aliphatic hydroxyl groups is 1. The van der Waals surface area contributed by atoms with E-state index < -0.39 is 28.7 Å². The average Bonchev–Trinajstić information content (AvgIpc) is 2.84. The fourth-order valence-electron chi connectivity index (χ4n) is 6.04. The maximum atomic E-state index is 14.5. The van der Waals surface area contributed by atoms with Gasteiger partial charge in [0.2, 0.25) is 5.91 Å². The second-order valence-corrected chi connectivity index (χ2v) is 10.6. The van der Waals surface area contributed by atoms with Crippen LogP contribution >= 0.6 is 0 Å². The summed E-state index contributed by atoms with van der Waals surface area (Å²) in [5, 5.41) is 13.7. The highest BCUT2D eigenvalue weighted by atomic mass is 19.4. The van der Waals surface area contributed by atoms with Crippen molar-refractivity contribution in [1.82, 2.24) is 10.2 Å². The predicted octanol–water partition coefficient (Wildman–Crippen LogP) is 4.23. The molecule has 9 heteroatoms. The minimum Gasteiger partial charge on any atom is -0.386 e. The zero-order valence-electron chi connectivity index (χ0n) is 21.3. The summed E-state index contributed by atoms with van der Waals surface area (Å²) in [6, 6.07) is 14.5. The number of halogens is 3. The van der Waals surface area contributed by atoms with Crippen molar-refractivity contribution in [2.75, 3.05) is 26.7 Å². The van der Waals surface area contributed by atoms with Gasteiger partial charge in [0.15, 0.2) is 0 Å². The molecule has 37 heavy (non-hydrogen) atoms. The molecule has 2 fully saturated rings.